The van der Waals surface area contributed by atoms with Gasteiger partial charge in [-0.1, -0.05) is 11.6 Å². The van der Waals surface area contributed by atoms with Gasteiger partial charge in [0.1, 0.15) is 5.76 Å². The van der Waals surface area contributed by atoms with E-state index in [9.17, 15) is 29.9 Å². The van der Waals surface area contributed by atoms with Crippen molar-refractivity contribution in [3.63, 3.8) is 0 Å². The standard InChI is InChI=1S/C19H15ClN2O6/c20-13-5-1-12(2-6-13)17(24)15-16(21(9-10-23)19(26)18(15)25)11-3-7-14(8-4-11)22(27)28/h1-8,16,23-24H,9-10H2/b17-15+/t16-/m0/s1. The van der Waals surface area contributed by atoms with E-state index in [0.29, 0.717) is 16.1 Å². The zero-order valence-corrected chi connectivity index (χ0v) is 15.2. The smallest absolute Gasteiger partial charge is 0.295 e. The summed E-state index contributed by atoms with van der Waals surface area (Å²) in [5, 5.41) is 31.3. The van der Waals surface area contributed by atoms with E-state index in [2.05, 4.69) is 0 Å². The highest BCUT2D eigenvalue weighted by molar-refractivity contribution is 6.46. The number of nitro groups is 1. The Morgan fingerprint density at radius 1 is 1.11 bits per heavy atom. The van der Waals surface area contributed by atoms with Gasteiger partial charge in [0.2, 0.25) is 0 Å². The summed E-state index contributed by atoms with van der Waals surface area (Å²) in [5.74, 6) is -2.16. The number of hydrogen-bond acceptors (Lipinski definition) is 6. The molecule has 0 spiro atoms. The SMILES string of the molecule is O=C1C(=O)N(CCO)[C@@H](c2ccc([N+](=O)[O-])cc2)/C1=C(\O)c1ccc(Cl)cc1. The molecule has 1 atom stereocenters. The minimum Gasteiger partial charge on any atom is -0.507 e. The maximum atomic E-state index is 12.6. The van der Waals surface area contributed by atoms with Gasteiger partial charge in [0.05, 0.1) is 23.1 Å². The molecule has 1 fully saturated rings. The van der Waals surface area contributed by atoms with Crippen molar-refractivity contribution in [2.45, 2.75) is 6.04 Å². The molecule has 2 N–H and O–H groups in total. The fraction of sp³-hybridized carbons (Fsp3) is 0.158. The predicted molar refractivity (Wildman–Crippen MR) is 101 cm³/mol. The number of benzene rings is 2. The van der Waals surface area contributed by atoms with Crippen molar-refractivity contribution in [2.24, 2.45) is 0 Å². The fourth-order valence-corrected chi connectivity index (χ4v) is 3.23. The molecule has 9 heteroatoms. The maximum absolute atomic E-state index is 12.6. The van der Waals surface area contributed by atoms with Crippen molar-refractivity contribution in [2.75, 3.05) is 13.2 Å². The molecule has 0 radical (unpaired) electrons. The molecule has 1 saturated heterocycles. The van der Waals surface area contributed by atoms with Crippen LogP contribution in [0, 0.1) is 10.1 Å². The third-order valence-corrected chi connectivity index (χ3v) is 4.67. The van der Waals surface area contributed by atoms with E-state index < -0.39 is 29.3 Å². The van der Waals surface area contributed by atoms with E-state index in [4.69, 9.17) is 11.6 Å². The van der Waals surface area contributed by atoms with Gasteiger partial charge in [-0.25, -0.2) is 0 Å². The zero-order valence-electron chi connectivity index (χ0n) is 14.4. The van der Waals surface area contributed by atoms with Crippen LogP contribution < -0.4 is 0 Å². The number of carbonyl (C=O) groups is 2. The van der Waals surface area contributed by atoms with Crippen LogP contribution in [0.4, 0.5) is 5.69 Å². The number of amides is 1. The molecule has 144 valence electrons. The largest absolute Gasteiger partial charge is 0.507 e. The highest BCUT2D eigenvalue weighted by Gasteiger charge is 2.45. The van der Waals surface area contributed by atoms with Gasteiger partial charge in [0.15, 0.2) is 0 Å². The average molecular weight is 403 g/mol. The molecule has 1 aliphatic heterocycles. The predicted octanol–water partition coefficient (Wildman–Crippen LogP) is 2.66. The quantitative estimate of drug-likeness (QED) is 0.261. The van der Waals surface area contributed by atoms with Crippen molar-refractivity contribution >= 4 is 34.7 Å². The van der Waals surface area contributed by atoms with Crippen LogP contribution in [0.15, 0.2) is 54.1 Å². The van der Waals surface area contributed by atoms with Gasteiger partial charge in [-0.05, 0) is 42.0 Å². The normalized spacial score (nSPS) is 18.5. The Morgan fingerprint density at radius 3 is 2.25 bits per heavy atom. The lowest BCUT2D eigenvalue weighted by Crippen LogP contribution is -2.32. The molecule has 1 aliphatic rings. The number of non-ortho nitro benzene ring substituents is 1. The van der Waals surface area contributed by atoms with Crippen LogP contribution >= 0.6 is 11.6 Å². The number of Topliss-reactive ketones (excluding diaryl/α,β-unsaturated/α-hetero) is 1. The molecule has 0 unspecified atom stereocenters. The molecule has 2 aromatic rings. The minimum atomic E-state index is -0.983. The minimum absolute atomic E-state index is 0.135. The second-order valence-corrected chi connectivity index (χ2v) is 6.51. The van der Waals surface area contributed by atoms with Crippen LogP contribution in [0.25, 0.3) is 5.76 Å². The van der Waals surface area contributed by atoms with Gasteiger partial charge in [-0.2, -0.15) is 0 Å². The Bertz CT molecular complexity index is 969. The molecule has 0 aliphatic carbocycles. The van der Waals surface area contributed by atoms with Gasteiger partial charge in [-0.15, -0.1) is 0 Å². The van der Waals surface area contributed by atoms with Crippen LogP contribution in [-0.2, 0) is 9.59 Å². The second kappa shape index (κ2) is 7.79. The second-order valence-electron chi connectivity index (χ2n) is 6.07. The molecule has 3 rings (SSSR count). The number of nitrogens with zero attached hydrogens (tertiary/aromatic N) is 2. The fourth-order valence-electron chi connectivity index (χ4n) is 3.11. The lowest BCUT2D eigenvalue weighted by atomic mass is 9.95. The molecule has 1 amide bonds. The third kappa shape index (κ3) is 3.47. The van der Waals surface area contributed by atoms with Crippen LogP contribution in [0.3, 0.4) is 0 Å². The molecule has 0 bridgehead atoms. The van der Waals surface area contributed by atoms with E-state index in [1.54, 1.807) is 0 Å². The number of rotatable bonds is 5. The topological polar surface area (TPSA) is 121 Å². The summed E-state index contributed by atoms with van der Waals surface area (Å²) in [4.78, 5) is 36.5. The zero-order chi connectivity index (χ0) is 20.4. The summed E-state index contributed by atoms with van der Waals surface area (Å²) in [6, 6.07) is 10.4. The number of aliphatic hydroxyl groups is 2. The Kier molecular flexibility index (Phi) is 5.43. The monoisotopic (exact) mass is 402 g/mol. The molecule has 1 heterocycles. The van der Waals surface area contributed by atoms with E-state index in [1.807, 2.05) is 0 Å². The lowest BCUT2D eigenvalue weighted by molar-refractivity contribution is -0.384. The highest BCUT2D eigenvalue weighted by Crippen LogP contribution is 2.39. The summed E-state index contributed by atoms with van der Waals surface area (Å²) in [5.41, 5.74) is 0.377. The van der Waals surface area contributed by atoms with Gasteiger partial charge in [-0.3, -0.25) is 19.7 Å². The third-order valence-electron chi connectivity index (χ3n) is 4.42. The lowest BCUT2D eigenvalue weighted by Gasteiger charge is -2.24. The molecular weight excluding hydrogens is 388 g/mol. The van der Waals surface area contributed by atoms with Crippen molar-refractivity contribution in [1.82, 2.24) is 4.90 Å². The van der Waals surface area contributed by atoms with Crippen molar-refractivity contribution < 1.29 is 24.7 Å². The van der Waals surface area contributed by atoms with Crippen molar-refractivity contribution in [3.05, 3.63) is 80.4 Å². The summed E-state index contributed by atoms with van der Waals surface area (Å²) in [6.07, 6.45) is 0. The van der Waals surface area contributed by atoms with E-state index in [-0.39, 0.29) is 23.6 Å². The Morgan fingerprint density at radius 2 is 1.71 bits per heavy atom. The molecule has 2 aromatic carbocycles. The molecule has 0 aromatic heterocycles. The summed E-state index contributed by atoms with van der Waals surface area (Å²) < 4.78 is 0. The van der Waals surface area contributed by atoms with Gasteiger partial charge in [0.25, 0.3) is 17.4 Å². The van der Waals surface area contributed by atoms with Crippen LogP contribution in [-0.4, -0.2) is 44.9 Å². The number of hydrogen-bond donors (Lipinski definition) is 2. The van der Waals surface area contributed by atoms with Crippen LogP contribution in [0.5, 0.6) is 0 Å². The summed E-state index contributed by atoms with van der Waals surface area (Å²) >= 11 is 5.85. The first-order chi connectivity index (χ1) is 13.3. The average Bonchev–Trinajstić information content (AvgIpc) is 2.93. The molecule has 28 heavy (non-hydrogen) atoms. The Hall–Kier alpha value is -3.23. The molecule has 0 saturated carbocycles. The van der Waals surface area contributed by atoms with Gasteiger partial charge >= 0.3 is 0 Å². The van der Waals surface area contributed by atoms with Crippen molar-refractivity contribution in [1.29, 1.82) is 0 Å². The number of β-amino-alcohol motifs (C(OH)–C–C–N with tert-alkyl or cyclic N) is 1. The van der Waals surface area contributed by atoms with Gasteiger partial charge < -0.3 is 15.1 Å². The summed E-state index contributed by atoms with van der Waals surface area (Å²) in [6.45, 7) is -0.527. The first kappa shape index (κ1) is 19.5. The number of nitro benzene ring substituents is 1. The number of likely N-dealkylation sites (tertiary alicyclic amines) is 1. The number of ketones is 1. The number of aliphatic hydroxyl groups excluding tert-OH is 2. The molecule has 8 nitrogen and oxygen atoms in total. The van der Waals surface area contributed by atoms with E-state index in [0.717, 1.165) is 4.90 Å². The van der Waals surface area contributed by atoms with Crippen molar-refractivity contribution in [3.8, 4) is 0 Å². The number of carbonyl (C=O) groups excluding carboxylic acids is 2. The van der Waals surface area contributed by atoms with Crippen LogP contribution in [0.1, 0.15) is 17.2 Å². The number of halogens is 1. The van der Waals surface area contributed by atoms with E-state index >= 15 is 0 Å². The Balaban J connectivity index is 2.15. The molecular formula is C19H15ClN2O6. The highest BCUT2D eigenvalue weighted by atomic mass is 35.5. The summed E-state index contributed by atoms with van der Waals surface area (Å²) in [7, 11) is 0. The first-order valence-electron chi connectivity index (χ1n) is 8.24. The maximum Gasteiger partial charge on any atom is 0.295 e. The van der Waals surface area contributed by atoms with Crippen LogP contribution in [0.2, 0.25) is 5.02 Å². The van der Waals surface area contributed by atoms with Gasteiger partial charge in [0, 0.05) is 29.3 Å². The Labute approximate surface area is 164 Å². The van der Waals surface area contributed by atoms with E-state index in [1.165, 1.54) is 48.5 Å². The first-order valence-corrected chi connectivity index (χ1v) is 8.62.